The maximum atomic E-state index is 13.7. The van der Waals surface area contributed by atoms with Crippen molar-refractivity contribution in [3.63, 3.8) is 0 Å². The third-order valence-corrected chi connectivity index (χ3v) is 6.18. The van der Waals surface area contributed by atoms with Gasteiger partial charge in [-0.15, -0.1) is 0 Å². The van der Waals surface area contributed by atoms with Crippen LogP contribution in [0.2, 0.25) is 0 Å². The van der Waals surface area contributed by atoms with Crippen LogP contribution in [0.15, 0.2) is 85.7 Å². The van der Waals surface area contributed by atoms with Crippen LogP contribution < -0.4 is 5.32 Å². The predicted molar refractivity (Wildman–Crippen MR) is 142 cm³/mol. The average Bonchev–Trinajstić information content (AvgIpc) is 3.44. The summed E-state index contributed by atoms with van der Waals surface area (Å²) in [7, 11) is 0. The van der Waals surface area contributed by atoms with Crippen molar-refractivity contribution in [2.24, 2.45) is 0 Å². The highest BCUT2D eigenvalue weighted by molar-refractivity contribution is 5.98. The summed E-state index contributed by atoms with van der Waals surface area (Å²) in [6, 6.07) is 13.9. The highest BCUT2D eigenvalue weighted by Crippen LogP contribution is 2.32. The number of benzene rings is 2. The average molecular weight is 545 g/mol. The second-order valence-electron chi connectivity index (χ2n) is 9.08. The number of imidazole rings is 1. The van der Waals surface area contributed by atoms with E-state index in [1.165, 1.54) is 23.2 Å². The molecule has 0 fully saturated rings. The predicted octanol–water partition coefficient (Wildman–Crippen LogP) is 5.71. The van der Waals surface area contributed by atoms with Gasteiger partial charge < -0.3 is 15.0 Å². The zero-order valence-electron chi connectivity index (χ0n) is 21.2. The fourth-order valence-electron chi connectivity index (χ4n) is 4.11. The summed E-state index contributed by atoms with van der Waals surface area (Å²) in [5.74, 6) is -0.0424. The third-order valence-electron chi connectivity index (χ3n) is 6.18. The molecule has 0 amide bonds. The van der Waals surface area contributed by atoms with Crippen LogP contribution in [0.25, 0.3) is 16.9 Å². The quantitative estimate of drug-likeness (QED) is 0.241. The van der Waals surface area contributed by atoms with Crippen molar-refractivity contribution in [3.05, 3.63) is 114 Å². The molecule has 0 radical (unpaired) electrons. The number of pyridine rings is 1. The molecule has 0 aliphatic heterocycles. The minimum atomic E-state index is -4.61. The maximum absolute atomic E-state index is 13.7. The molecule has 5 rings (SSSR count). The Hall–Kier alpha value is -4.90. The lowest BCUT2D eigenvalue weighted by Gasteiger charge is -2.13. The number of hydrogen-bond donors (Lipinski definition) is 2. The molecule has 0 aliphatic carbocycles. The van der Waals surface area contributed by atoms with E-state index in [1.54, 1.807) is 48.9 Å². The van der Waals surface area contributed by atoms with Crippen LogP contribution in [-0.4, -0.2) is 35.4 Å². The van der Waals surface area contributed by atoms with Crippen molar-refractivity contribution in [1.29, 1.82) is 0 Å². The van der Waals surface area contributed by atoms with E-state index in [0.29, 0.717) is 28.6 Å². The van der Waals surface area contributed by atoms with E-state index in [2.05, 4.69) is 25.3 Å². The lowest BCUT2D eigenvalue weighted by molar-refractivity contribution is -0.137. The van der Waals surface area contributed by atoms with Gasteiger partial charge in [0.05, 0.1) is 29.9 Å². The Morgan fingerprint density at radius 3 is 2.62 bits per heavy atom. The van der Waals surface area contributed by atoms with Gasteiger partial charge in [-0.05, 0) is 60.5 Å². The van der Waals surface area contributed by atoms with Crippen LogP contribution in [0.3, 0.4) is 0 Å². The molecule has 0 unspecified atom stereocenters. The van der Waals surface area contributed by atoms with Crippen molar-refractivity contribution in [3.8, 4) is 16.9 Å². The first-order valence-corrected chi connectivity index (χ1v) is 12.2. The number of rotatable bonds is 8. The first-order chi connectivity index (χ1) is 19.2. The lowest BCUT2D eigenvalue weighted by atomic mass is 9.99. The summed E-state index contributed by atoms with van der Waals surface area (Å²) in [4.78, 5) is 30.1. The standard InChI is InChI=1S/C29H23F3N6O2/c1-18-4-5-20(12-26(18)37-28-34-8-6-25(36-28)21-3-2-7-33-14-21)27(40)11-19-9-22(29(30,31)32)13-24(10-19)38-15-23(16-39)35-17-38/h2-10,12-15,17,39H,11,16H2,1H3,(H,34,36,37). The van der Waals surface area contributed by atoms with Crippen molar-refractivity contribution in [2.75, 3.05) is 5.32 Å². The van der Waals surface area contributed by atoms with E-state index in [1.807, 2.05) is 13.0 Å². The van der Waals surface area contributed by atoms with E-state index in [9.17, 15) is 23.1 Å². The van der Waals surface area contributed by atoms with E-state index < -0.39 is 11.7 Å². The van der Waals surface area contributed by atoms with Crippen molar-refractivity contribution in [1.82, 2.24) is 24.5 Å². The first-order valence-electron chi connectivity index (χ1n) is 12.2. The summed E-state index contributed by atoms with van der Waals surface area (Å²) in [6.45, 7) is 1.51. The van der Waals surface area contributed by atoms with Gasteiger partial charge in [-0.25, -0.2) is 15.0 Å². The number of carbonyl (C=O) groups excluding carboxylic acids is 1. The monoisotopic (exact) mass is 544 g/mol. The SMILES string of the molecule is Cc1ccc(C(=O)Cc2cc(-n3cnc(CO)c3)cc(C(F)(F)F)c2)cc1Nc1nccc(-c2cccnc2)n1. The number of aliphatic hydroxyl groups excluding tert-OH is 1. The number of Topliss-reactive ketones (excluding diaryl/α,β-unsaturated/α-hetero) is 1. The lowest BCUT2D eigenvalue weighted by Crippen LogP contribution is -2.10. The molecule has 11 heteroatoms. The zero-order chi connectivity index (χ0) is 28.3. The van der Waals surface area contributed by atoms with Crippen LogP contribution >= 0.6 is 0 Å². The Bertz CT molecular complexity index is 1670. The summed E-state index contributed by atoms with van der Waals surface area (Å²) in [6.07, 6.45) is 2.85. The van der Waals surface area contributed by atoms with E-state index >= 15 is 0 Å². The molecule has 3 heterocycles. The van der Waals surface area contributed by atoms with Gasteiger partial charge >= 0.3 is 6.18 Å². The summed E-state index contributed by atoms with van der Waals surface area (Å²) >= 11 is 0. The summed E-state index contributed by atoms with van der Waals surface area (Å²) in [5.41, 5.74) is 3.02. The molecule has 0 aliphatic rings. The highest BCUT2D eigenvalue weighted by atomic mass is 19.4. The van der Waals surface area contributed by atoms with Crippen LogP contribution in [0.1, 0.15) is 32.7 Å². The van der Waals surface area contributed by atoms with Gasteiger partial charge in [0.15, 0.2) is 5.78 Å². The van der Waals surface area contributed by atoms with Gasteiger partial charge in [0.25, 0.3) is 0 Å². The van der Waals surface area contributed by atoms with E-state index in [-0.39, 0.29) is 30.1 Å². The molecule has 2 N–H and O–H groups in total. The van der Waals surface area contributed by atoms with Crippen molar-refractivity contribution < 1.29 is 23.1 Å². The molecule has 5 aromatic rings. The molecule has 3 aromatic heterocycles. The number of nitrogens with zero attached hydrogens (tertiary/aromatic N) is 5. The molecule has 0 atom stereocenters. The number of hydrogen-bond acceptors (Lipinski definition) is 7. The second-order valence-corrected chi connectivity index (χ2v) is 9.08. The minimum Gasteiger partial charge on any atom is -0.390 e. The number of nitrogens with one attached hydrogen (secondary N) is 1. The molecule has 0 saturated carbocycles. The molecule has 8 nitrogen and oxygen atoms in total. The first kappa shape index (κ1) is 26.7. The molecule has 0 saturated heterocycles. The van der Waals surface area contributed by atoms with Gasteiger partial charge in [0.2, 0.25) is 5.95 Å². The molecular formula is C29H23F3N6O2. The second kappa shape index (κ2) is 11.1. The van der Waals surface area contributed by atoms with Crippen LogP contribution in [0, 0.1) is 6.92 Å². The molecule has 0 spiro atoms. The largest absolute Gasteiger partial charge is 0.416 e. The van der Waals surface area contributed by atoms with E-state index in [4.69, 9.17) is 0 Å². The fraction of sp³-hybridized carbons (Fsp3) is 0.138. The molecule has 202 valence electrons. The number of aryl methyl sites for hydroxylation is 1. The summed E-state index contributed by atoms with van der Waals surface area (Å²) in [5, 5.41) is 12.4. The van der Waals surface area contributed by atoms with Crippen molar-refractivity contribution >= 4 is 17.4 Å². The van der Waals surface area contributed by atoms with Gasteiger partial charge in [-0.2, -0.15) is 13.2 Å². The smallest absolute Gasteiger partial charge is 0.390 e. The molecule has 40 heavy (non-hydrogen) atoms. The molecule has 0 bridgehead atoms. The van der Waals surface area contributed by atoms with E-state index in [0.717, 1.165) is 23.3 Å². The third kappa shape index (κ3) is 6.05. The van der Waals surface area contributed by atoms with Crippen molar-refractivity contribution in [2.45, 2.75) is 26.1 Å². The van der Waals surface area contributed by atoms with Gasteiger partial charge in [-0.3, -0.25) is 9.78 Å². The molecule has 2 aromatic carbocycles. The Balaban J connectivity index is 1.40. The van der Waals surface area contributed by atoms with Gasteiger partial charge in [0, 0.05) is 53.7 Å². The zero-order valence-corrected chi connectivity index (χ0v) is 21.2. The normalized spacial score (nSPS) is 11.4. The number of aliphatic hydroxyl groups is 1. The Kier molecular flexibility index (Phi) is 7.39. The number of halogens is 3. The maximum Gasteiger partial charge on any atom is 0.416 e. The number of anilines is 2. The molecular weight excluding hydrogens is 521 g/mol. The highest BCUT2D eigenvalue weighted by Gasteiger charge is 2.31. The Morgan fingerprint density at radius 1 is 1.05 bits per heavy atom. The van der Waals surface area contributed by atoms with Crippen LogP contribution in [0.5, 0.6) is 0 Å². The topological polar surface area (TPSA) is 106 Å². The number of aromatic nitrogens is 5. The number of carbonyl (C=O) groups is 1. The fourth-order valence-corrected chi connectivity index (χ4v) is 4.11. The van der Waals surface area contributed by atoms with Gasteiger partial charge in [0.1, 0.15) is 0 Å². The van der Waals surface area contributed by atoms with Crippen LogP contribution in [-0.2, 0) is 19.2 Å². The minimum absolute atomic E-state index is 0.182. The summed E-state index contributed by atoms with van der Waals surface area (Å²) < 4.78 is 42.4. The van der Waals surface area contributed by atoms with Gasteiger partial charge in [-0.1, -0.05) is 12.1 Å². The van der Waals surface area contributed by atoms with Crippen LogP contribution in [0.4, 0.5) is 24.8 Å². The number of alkyl halides is 3. The number of ketones is 1. The Labute approximate surface area is 227 Å². The Morgan fingerprint density at radius 2 is 1.90 bits per heavy atom.